The van der Waals surface area contributed by atoms with Crippen LogP contribution in [0.3, 0.4) is 0 Å². The topological polar surface area (TPSA) is 72.9 Å². The minimum absolute atomic E-state index is 0.0751. The van der Waals surface area contributed by atoms with Crippen molar-refractivity contribution >= 4 is 34.9 Å². The number of carbonyl (C=O) groups excluding carboxylic acids is 3. The Hall–Kier alpha value is -3.45. The number of para-hydroxylation sites is 1. The maximum Gasteiger partial charge on any atom is 0.323 e. The van der Waals surface area contributed by atoms with Crippen molar-refractivity contribution in [3.05, 3.63) is 87.1 Å². The number of benzene rings is 2. The second-order valence-electron chi connectivity index (χ2n) is 9.52. The molecule has 6 nitrogen and oxygen atoms in total. The first kappa shape index (κ1) is 23.3. The molecule has 1 amide bonds. The number of amides is 1. The summed E-state index contributed by atoms with van der Waals surface area (Å²) in [5.41, 5.74) is 2.73. The van der Waals surface area contributed by atoms with Gasteiger partial charge in [-0.1, -0.05) is 42.5 Å². The molecular formula is C28H27NO5S. The van der Waals surface area contributed by atoms with Crippen LogP contribution in [0, 0.1) is 5.41 Å². The molecule has 180 valence electrons. The number of hydrogen-bond acceptors (Lipinski definition) is 6. The van der Waals surface area contributed by atoms with Crippen LogP contribution in [0.1, 0.15) is 34.1 Å². The number of nitrogens with zero attached hydrogens (tertiary/aromatic N) is 1. The molecule has 1 unspecified atom stereocenters. The van der Waals surface area contributed by atoms with Gasteiger partial charge in [0.2, 0.25) is 5.91 Å². The minimum Gasteiger partial charge on any atom is -0.468 e. The molecule has 0 spiro atoms. The number of fused-ring (bicyclic) bond motifs is 2. The highest BCUT2D eigenvalue weighted by Crippen LogP contribution is 2.45. The molecule has 2 heterocycles. The molecule has 35 heavy (non-hydrogen) atoms. The fraction of sp³-hybridized carbons (Fsp3) is 0.321. The Morgan fingerprint density at radius 3 is 2.37 bits per heavy atom. The molecule has 7 heteroatoms. The van der Waals surface area contributed by atoms with Gasteiger partial charge < -0.3 is 14.4 Å². The number of ether oxygens (including phenoxy) is 2. The van der Waals surface area contributed by atoms with Crippen molar-refractivity contribution in [3.8, 4) is 0 Å². The molecule has 1 aliphatic carbocycles. The summed E-state index contributed by atoms with van der Waals surface area (Å²) in [5.74, 6) is -1.10. The molecule has 0 saturated heterocycles. The number of anilines is 1. The summed E-state index contributed by atoms with van der Waals surface area (Å²) in [6, 6.07) is 18.0. The van der Waals surface area contributed by atoms with Crippen LogP contribution in [0.5, 0.6) is 0 Å². The Labute approximate surface area is 208 Å². The SMILES string of the molecule is COC(=O)C1(C(=O)OC)Cc2ccc(CN3C(=O)C(C)(Cc4cccs4)c4ccccc43)cc2C1. The van der Waals surface area contributed by atoms with E-state index in [1.165, 1.54) is 19.1 Å². The normalized spacial score (nSPS) is 19.9. The Morgan fingerprint density at radius 1 is 0.971 bits per heavy atom. The van der Waals surface area contributed by atoms with Crippen LogP contribution in [0.25, 0.3) is 0 Å². The summed E-state index contributed by atoms with van der Waals surface area (Å²) in [5, 5.41) is 2.04. The highest BCUT2D eigenvalue weighted by molar-refractivity contribution is 7.09. The first-order valence-electron chi connectivity index (χ1n) is 11.5. The lowest BCUT2D eigenvalue weighted by Gasteiger charge is -2.24. The molecule has 0 fully saturated rings. The van der Waals surface area contributed by atoms with Gasteiger partial charge in [-0.15, -0.1) is 11.3 Å². The molecule has 3 aromatic rings. The average Bonchev–Trinajstić information content (AvgIpc) is 3.57. The highest BCUT2D eigenvalue weighted by Gasteiger charge is 2.53. The molecule has 1 aromatic heterocycles. The van der Waals surface area contributed by atoms with Crippen molar-refractivity contribution in [2.24, 2.45) is 5.41 Å². The van der Waals surface area contributed by atoms with E-state index in [1.807, 2.05) is 65.7 Å². The zero-order chi connectivity index (χ0) is 24.8. The molecule has 5 rings (SSSR count). The van der Waals surface area contributed by atoms with Gasteiger partial charge in [0.15, 0.2) is 5.41 Å². The predicted octanol–water partition coefficient (Wildman–Crippen LogP) is 4.23. The van der Waals surface area contributed by atoms with Gasteiger partial charge in [-0.25, -0.2) is 0 Å². The van der Waals surface area contributed by atoms with Crippen LogP contribution < -0.4 is 4.90 Å². The summed E-state index contributed by atoms with van der Waals surface area (Å²) in [6.45, 7) is 2.43. The summed E-state index contributed by atoms with van der Waals surface area (Å²) in [7, 11) is 2.57. The summed E-state index contributed by atoms with van der Waals surface area (Å²) < 4.78 is 9.91. The van der Waals surface area contributed by atoms with Crippen LogP contribution in [-0.4, -0.2) is 32.1 Å². The van der Waals surface area contributed by atoms with Gasteiger partial charge in [0.25, 0.3) is 0 Å². The van der Waals surface area contributed by atoms with E-state index in [0.717, 1.165) is 27.9 Å². The summed E-state index contributed by atoms with van der Waals surface area (Å²) in [4.78, 5) is 42.0. The second-order valence-corrected chi connectivity index (χ2v) is 10.6. The lowest BCUT2D eigenvalue weighted by molar-refractivity contribution is -0.168. The zero-order valence-corrected chi connectivity index (χ0v) is 20.8. The van der Waals surface area contributed by atoms with Gasteiger partial charge in [0.1, 0.15) is 0 Å². The van der Waals surface area contributed by atoms with Gasteiger partial charge in [-0.05, 0) is 59.5 Å². The predicted molar refractivity (Wildman–Crippen MR) is 133 cm³/mol. The lowest BCUT2D eigenvalue weighted by Crippen LogP contribution is -2.42. The van der Waals surface area contributed by atoms with Crippen molar-refractivity contribution in [2.45, 2.75) is 38.1 Å². The molecule has 2 aromatic carbocycles. The van der Waals surface area contributed by atoms with E-state index in [2.05, 4.69) is 6.07 Å². The van der Waals surface area contributed by atoms with Crippen LogP contribution in [0.15, 0.2) is 60.0 Å². The number of esters is 2. The summed E-state index contributed by atoms with van der Waals surface area (Å²) >= 11 is 1.67. The largest absolute Gasteiger partial charge is 0.468 e. The number of hydrogen-bond donors (Lipinski definition) is 0. The minimum atomic E-state index is -1.36. The highest BCUT2D eigenvalue weighted by atomic mass is 32.1. The molecular weight excluding hydrogens is 462 g/mol. The number of rotatable bonds is 6. The van der Waals surface area contributed by atoms with Gasteiger partial charge in [-0.3, -0.25) is 14.4 Å². The van der Waals surface area contributed by atoms with E-state index in [4.69, 9.17) is 9.47 Å². The maximum absolute atomic E-state index is 13.8. The molecule has 1 aliphatic heterocycles. The smallest absolute Gasteiger partial charge is 0.323 e. The molecule has 0 saturated carbocycles. The van der Waals surface area contributed by atoms with E-state index < -0.39 is 22.8 Å². The molecule has 1 atom stereocenters. The van der Waals surface area contributed by atoms with E-state index in [-0.39, 0.29) is 18.7 Å². The van der Waals surface area contributed by atoms with E-state index in [9.17, 15) is 14.4 Å². The van der Waals surface area contributed by atoms with Crippen molar-refractivity contribution in [2.75, 3.05) is 19.1 Å². The average molecular weight is 490 g/mol. The quantitative estimate of drug-likeness (QED) is 0.383. The second kappa shape index (κ2) is 8.64. The third kappa shape index (κ3) is 3.65. The Morgan fingerprint density at radius 2 is 1.69 bits per heavy atom. The van der Waals surface area contributed by atoms with Gasteiger partial charge in [0, 0.05) is 17.0 Å². The summed E-state index contributed by atoms with van der Waals surface area (Å²) in [6.07, 6.45) is 1.12. The lowest BCUT2D eigenvalue weighted by atomic mass is 9.80. The van der Waals surface area contributed by atoms with Crippen LogP contribution >= 0.6 is 11.3 Å². The van der Waals surface area contributed by atoms with Gasteiger partial charge in [-0.2, -0.15) is 0 Å². The number of methoxy groups -OCH3 is 2. The Bertz CT molecular complexity index is 1300. The first-order chi connectivity index (χ1) is 16.8. The van der Waals surface area contributed by atoms with E-state index in [1.54, 1.807) is 11.3 Å². The molecule has 2 aliphatic rings. The van der Waals surface area contributed by atoms with E-state index in [0.29, 0.717) is 13.0 Å². The fourth-order valence-corrected chi connectivity index (χ4v) is 6.42. The number of carbonyl (C=O) groups is 3. The van der Waals surface area contributed by atoms with Gasteiger partial charge in [0.05, 0.1) is 26.2 Å². The fourth-order valence-electron chi connectivity index (χ4n) is 5.56. The standard InChI is InChI=1S/C28H27NO5S/c1-27(16-21-7-6-12-35-21)22-8-4-5-9-23(22)29(24(27)30)17-18-10-11-19-14-28(25(31)33-2,26(32)34-3)15-20(19)13-18/h4-13H,14-17H2,1-3H3. The molecule has 0 radical (unpaired) electrons. The van der Waals surface area contributed by atoms with Crippen molar-refractivity contribution in [1.82, 2.24) is 0 Å². The first-order valence-corrected chi connectivity index (χ1v) is 12.4. The van der Waals surface area contributed by atoms with Crippen molar-refractivity contribution in [1.29, 1.82) is 0 Å². The maximum atomic E-state index is 13.8. The molecule has 0 N–H and O–H groups in total. The Kier molecular flexibility index (Phi) is 5.75. The van der Waals surface area contributed by atoms with Crippen LogP contribution in [-0.2, 0) is 55.1 Å². The number of thiophene rings is 1. The van der Waals surface area contributed by atoms with Crippen LogP contribution in [0.4, 0.5) is 5.69 Å². The van der Waals surface area contributed by atoms with Crippen molar-refractivity contribution < 1.29 is 23.9 Å². The third-order valence-electron chi connectivity index (χ3n) is 7.36. The van der Waals surface area contributed by atoms with E-state index >= 15 is 0 Å². The van der Waals surface area contributed by atoms with Crippen molar-refractivity contribution in [3.63, 3.8) is 0 Å². The zero-order valence-electron chi connectivity index (χ0n) is 20.0. The third-order valence-corrected chi connectivity index (χ3v) is 8.24. The molecule has 0 bridgehead atoms. The monoisotopic (exact) mass is 489 g/mol. The van der Waals surface area contributed by atoms with Crippen LogP contribution in [0.2, 0.25) is 0 Å². The van der Waals surface area contributed by atoms with Gasteiger partial charge >= 0.3 is 11.9 Å². The Balaban J connectivity index is 1.45.